The molecule has 0 saturated carbocycles. The number of hydrogen-bond acceptors (Lipinski definition) is 2. The number of carbonyl (C=O) groups excluding carboxylic acids is 1. The van der Waals surface area contributed by atoms with Crippen LogP contribution in [-0.2, 0) is 11.3 Å². The Morgan fingerprint density at radius 3 is 2.68 bits per heavy atom. The Bertz CT molecular complexity index is 370. The lowest BCUT2D eigenvalue weighted by Gasteiger charge is -2.20. The summed E-state index contributed by atoms with van der Waals surface area (Å²) in [7, 11) is 0. The molecule has 0 spiro atoms. The SMILES string of the molecule is Cl.O=C1CCCCCN1CCNCc1ccccc1. The van der Waals surface area contributed by atoms with E-state index >= 15 is 0 Å². The minimum Gasteiger partial charge on any atom is -0.341 e. The molecule has 1 N–H and O–H groups in total. The first-order valence-corrected chi connectivity index (χ1v) is 6.89. The van der Waals surface area contributed by atoms with Crippen molar-refractivity contribution in [3.63, 3.8) is 0 Å². The van der Waals surface area contributed by atoms with Gasteiger partial charge in [-0.25, -0.2) is 0 Å². The van der Waals surface area contributed by atoms with Crippen LogP contribution >= 0.6 is 12.4 Å². The number of halogens is 1. The predicted molar refractivity (Wildman–Crippen MR) is 80.4 cm³/mol. The molecule has 19 heavy (non-hydrogen) atoms. The van der Waals surface area contributed by atoms with Crippen molar-refractivity contribution in [2.45, 2.75) is 32.2 Å². The zero-order chi connectivity index (χ0) is 12.6. The zero-order valence-corrected chi connectivity index (χ0v) is 12.1. The van der Waals surface area contributed by atoms with Crippen LogP contribution < -0.4 is 5.32 Å². The number of hydrogen-bond donors (Lipinski definition) is 1. The van der Waals surface area contributed by atoms with Gasteiger partial charge in [0.05, 0.1) is 0 Å². The van der Waals surface area contributed by atoms with E-state index in [1.165, 1.54) is 12.0 Å². The molecule has 0 bridgehead atoms. The van der Waals surface area contributed by atoms with Crippen molar-refractivity contribution in [1.29, 1.82) is 0 Å². The molecule has 1 aliphatic heterocycles. The summed E-state index contributed by atoms with van der Waals surface area (Å²) < 4.78 is 0. The zero-order valence-electron chi connectivity index (χ0n) is 11.3. The summed E-state index contributed by atoms with van der Waals surface area (Å²) in [6, 6.07) is 10.4. The van der Waals surface area contributed by atoms with Gasteiger partial charge in [-0.05, 0) is 18.4 Å². The van der Waals surface area contributed by atoms with E-state index in [4.69, 9.17) is 0 Å². The van der Waals surface area contributed by atoms with Gasteiger partial charge in [-0.2, -0.15) is 0 Å². The first kappa shape index (κ1) is 16.0. The number of amides is 1. The van der Waals surface area contributed by atoms with Crippen LogP contribution in [0.25, 0.3) is 0 Å². The van der Waals surface area contributed by atoms with Crippen LogP contribution in [0.5, 0.6) is 0 Å². The minimum atomic E-state index is 0. The van der Waals surface area contributed by atoms with Crippen LogP contribution in [0.1, 0.15) is 31.2 Å². The quantitative estimate of drug-likeness (QED) is 0.842. The molecule has 1 saturated heterocycles. The number of likely N-dealkylation sites (tertiary alicyclic amines) is 1. The van der Waals surface area contributed by atoms with E-state index in [1.54, 1.807) is 0 Å². The van der Waals surface area contributed by atoms with Crippen LogP contribution in [0.3, 0.4) is 0 Å². The standard InChI is InChI=1S/C15H22N2O.ClH/c18-15-9-5-2-6-11-17(15)12-10-16-13-14-7-3-1-4-8-14;/h1,3-4,7-8,16H,2,5-6,9-13H2;1H. The molecular formula is C15H23ClN2O. The molecule has 1 amide bonds. The molecule has 4 heteroatoms. The maximum absolute atomic E-state index is 11.8. The number of carbonyl (C=O) groups is 1. The summed E-state index contributed by atoms with van der Waals surface area (Å²) in [5, 5.41) is 3.40. The van der Waals surface area contributed by atoms with Crippen molar-refractivity contribution in [1.82, 2.24) is 10.2 Å². The molecule has 0 atom stereocenters. The summed E-state index contributed by atoms with van der Waals surface area (Å²) in [5.41, 5.74) is 1.29. The molecule has 3 nitrogen and oxygen atoms in total. The van der Waals surface area contributed by atoms with Gasteiger partial charge in [0.2, 0.25) is 5.91 Å². The summed E-state index contributed by atoms with van der Waals surface area (Å²) in [4.78, 5) is 13.8. The van der Waals surface area contributed by atoms with Crippen molar-refractivity contribution in [3.8, 4) is 0 Å². The van der Waals surface area contributed by atoms with Crippen LogP contribution in [0.15, 0.2) is 30.3 Å². The second kappa shape index (κ2) is 8.94. The van der Waals surface area contributed by atoms with Crippen LogP contribution in [0.2, 0.25) is 0 Å². The van der Waals surface area contributed by atoms with Crippen molar-refractivity contribution >= 4 is 18.3 Å². The van der Waals surface area contributed by atoms with Gasteiger partial charge >= 0.3 is 0 Å². The molecule has 0 aliphatic carbocycles. The lowest BCUT2D eigenvalue weighted by atomic mass is 10.2. The molecule has 0 unspecified atom stereocenters. The topological polar surface area (TPSA) is 32.3 Å². The van der Waals surface area contributed by atoms with E-state index < -0.39 is 0 Å². The fourth-order valence-corrected chi connectivity index (χ4v) is 2.32. The fraction of sp³-hybridized carbons (Fsp3) is 0.533. The Morgan fingerprint density at radius 2 is 1.89 bits per heavy atom. The lowest BCUT2D eigenvalue weighted by Crippen LogP contribution is -2.36. The highest BCUT2D eigenvalue weighted by Crippen LogP contribution is 2.10. The Kier molecular flexibility index (Phi) is 7.53. The molecular weight excluding hydrogens is 260 g/mol. The van der Waals surface area contributed by atoms with E-state index in [9.17, 15) is 4.79 Å². The van der Waals surface area contributed by atoms with Crippen LogP contribution in [0.4, 0.5) is 0 Å². The first-order valence-electron chi connectivity index (χ1n) is 6.89. The highest BCUT2D eigenvalue weighted by molar-refractivity contribution is 5.85. The Balaban J connectivity index is 0.00000180. The fourth-order valence-electron chi connectivity index (χ4n) is 2.32. The van der Waals surface area contributed by atoms with E-state index in [1.807, 2.05) is 11.0 Å². The molecule has 0 radical (unpaired) electrons. The number of benzene rings is 1. The van der Waals surface area contributed by atoms with Gasteiger partial charge in [-0.15, -0.1) is 12.4 Å². The first-order chi connectivity index (χ1) is 8.86. The third-order valence-electron chi connectivity index (χ3n) is 3.40. The normalized spacial score (nSPS) is 15.8. The molecule has 0 aromatic heterocycles. The third-order valence-corrected chi connectivity index (χ3v) is 3.40. The number of rotatable bonds is 5. The molecule has 106 valence electrons. The average Bonchev–Trinajstić information content (AvgIpc) is 2.61. The van der Waals surface area contributed by atoms with Crippen molar-refractivity contribution in [2.24, 2.45) is 0 Å². The molecule has 1 fully saturated rings. The van der Waals surface area contributed by atoms with Gasteiger partial charge in [-0.1, -0.05) is 36.8 Å². The minimum absolute atomic E-state index is 0. The van der Waals surface area contributed by atoms with Crippen LogP contribution in [-0.4, -0.2) is 30.4 Å². The molecule has 1 aromatic carbocycles. The Hall–Kier alpha value is -1.06. The molecule has 1 heterocycles. The number of nitrogens with one attached hydrogen (secondary N) is 1. The van der Waals surface area contributed by atoms with E-state index in [-0.39, 0.29) is 12.4 Å². The van der Waals surface area contributed by atoms with Crippen molar-refractivity contribution < 1.29 is 4.79 Å². The van der Waals surface area contributed by atoms with E-state index in [0.717, 1.165) is 45.4 Å². The Morgan fingerprint density at radius 1 is 1.11 bits per heavy atom. The maximum Gasteiger partial charge on any atom is 0.222 e. The van der Waals surface area contributed by atoms with Gasteiger partial charge < -0.3 is 10.2 Å². The van der Waals surface area contributed by atoms with Gasteiger partial charge in [-0.3, -0.25) is 4.79 Å². The lowest BCUT2D eigenvalue weighted by molar-refractivity contribution is -0.130. The van der Waals surface area contributed by atoms with Crippen LogP contribution in [0, 0.1) is 0 Å². The highest BCUT2D eigenvalue weighted by Gasteiger charge is 2.15. The summed E-state index contributed by atoms with van der Waals surface area (Å²) in [5.74, 6) is 0.328. The third kappa shape index (κ3) is 5.62. The van der Waals surface area contributed by atoms with Crippen molar-refractivity contribution in [2.75, 3.05) is 19.6 Å². The molecule has 1 aliphatic rings. The molecule has 1 aromatic rings. The van der Waals surface area contributed by atoms with Gasteiger partial charge in [0, 0.05) is 32.6 Å². The smallest absolute Gasteiger partial charge is 0.222 e. The number of nitrogens with zero attached hydrogens (tertiary/aromatic N) is 1. The summed E-state index contributed by atoms with van der Waals surface area (Å²) >= 11 is 0. The maximum atomic E-state index is 11.8. The van der Waals surface area contributed by atoms with Gasteiger partial charge in [0.25, 0.3) is 0 Å². The highest BCUT2D eigenvalue weighted by atomic mass is 35.5. The second-order valence-electron chi connectivity index (χ2n) is 4.85. The van der Waals surface area contributed by atoms with E-state index in [0.29, 0.717) is 5.91 Å². The molecule has 2 rings (SSSR count). The Labute approximate surface area is 121 Å². The average molecular weight is 283 g/mol. The van der Waals surface area contributed by atoms with Gasteiger partial charge in [0.1, 0.15) is 0 Å². The summed E-state index contributed by atoms with van der Waals surface area (Å²) in [6.45, 7) is 3.53. The largest absolute Gasteiger partial charge is 0.341 e. The van der Waals surface area contributed by atoms with Gasteiger partial charge in [0.15, 0.2) is 0 Å². The van der Waals surface area contributed by atoms with Crippen molar-refractivity contribution in [3.05, 3.63) is 35.9 Å². The van der Waals surface area contributed by atoms with E-state index in [2.05, 4.69) is 29.6 Å². The predicted octanol–water partition coefficient (Wildman–Crippen LogP) is 2.60. The summed E-state index contributed by atoms with van der Waals surface area (Å²) in [6.07, 6.45) is 4.15. The second-order valence-corrected chi connectivity index (χ2v) is 4.85. The monoisotopic (exact) mass is 282 g/mol.